The summed E-state index contributed by atoms with van der Waals surface area (Å²) in [5.74, 6) is 0.892. The number of benzene rings is 1. The van der Waals surface area contributed by atoms with Crippen molar-refractivity contribution in [2.75, 3.05) is 33.0 Å². The molecule has 0 aliphatic rings. The third-order valence-corrected chi connectivity index (χ3v) is 4.25. The average Bonchev–Trinajstić information content (AvgIpc) is 2.65. The molecular weight excluding hydrogens is 312 g/mol. The summed E-state index contributed by atoms with van der Waals surface area (Å²) in [4.78, 5) is 0. The van der Waals surface area contributed by atoms with E-state index < -0.39 is 0 Å². The number of ether oxygens (including phenoxy) is 3. The van der Waals surface area contributed by atoms with E-state index in [-0.39, 0.29) is 0 Å². The molecule has 0 spiro atoms. The van der Waals surface area contributed by atoms with Gasteiger partial charge in [-0.05, 0) is 18.6 Å². The van der Waals surface area contributed by atoms with Gasteiger partial charge in [0.15, 0.2) is 0 Å². The molecule has 3 heteroatoms. The van der Waals surface area contributed by atoms with E-state index in [9.17, 15) is 0 Å². The van der Waals surface area contributed by atoms with Crippen molar-refractivity contribution in [1.29, 1.82) is 0 Å². The summed E-state index contributed by atoms with van der Waals surface area (Å²) < 4.78 is 16.7. The molecule has 0 aliphatic heterocycles. The van der Waals surface area contributed by atoms with Crippen LogP contribution in [0.1, 0.15) is 71.1 Å². The van der Waals surface area contributed by atoms with E-state index in [4.69, 9.17) is 14.2 Å². The summed E-state index contributed by atoms with van der Waals surface area (Å²) in [5.41, 5.74) is 0. The van der Waals surface area contributed by atoms with Gasteiger partial charge in [-0.25, -0.2) is 0 Å². The van der Waals surface area contributed by atoms with Crippen LogP contribution >= 0.6 is 0 Å². The van der Waals surface area contributed by atoms with Gasteiger partial charge in [-0.2, -0.15) is 0 Å². The summed E-state index contributed by atoms with van der Waals surface area (Å²) in [6, 6.07) is 9.83. The van der Waals surface area contributed by atoms with Gasteiger partial charge in [0.05, 0.1) is 19.8 Å². The lowest BCUT2D eigenvalue weighted by molar-refractivity contribution is 0.0352. The topological polar surface area (TPSA) is 27.7 Å². The Labute approximate surface area is 155 Å². The van der Waals surface area contributed by atoms with Crippen LogP contribution < -0.4 is 4.74 Å². The monoisotopic (exact) mass is 350 g/mol. The van der Waals surface area contributed by atoms with Gasteiger partial charge < -0.3 is 14.2 Å². The van der Waals surface area contributed by atoms with E-state index in [1.807, 2.05) is 30.3 Å². The minimum Gasteiger partial charge on any atom is -0.491 e. The van der Waals surface area contributed by atoms with E-state index in [1.165, 1.54) is 64.2 Å². The number of hydrogen-bond donors (Lipinski definition) is 0. The first kappa shape index (κ1) is 22.0. The molecule has 0 aromatic heterocycles. The first-order valence-corrected chi connectivity index (χ1v) is 10.3. The zero-order chi connectivity index (χ0) is 17.8. The summed E-state index contributed by atoms with van der Waals surface area (Å²) >= 11 is 0. The zero-order valence-electron chi connectivity index (χ0n) is 16.2. The fourth-order valence-corrected chi connectivity index (χ4v) is 2.75. The standard InChI is InChI=1S/C22H38O3/c1-2-3-4-5-6-7-8-9-10-14-17-23-18-19-24-20-21-25-22-15-12-11-13-16-22/h11-13,15-16H,2-10,14,17-21H2,1H3. The molecule has 0 bridgehead atoms. The molecule has 0 aliphatic carbocycles. The van der Waals surface area contributed by atoms with Crippen LogP contribution in [0, 0.1) is 0 Å². The molecule has 0 radical (unpaired) electrons. The van der Waals surface area contributed by atoms with Crippen LogP contribution in [0.25, 0.3) is 0 Å². The van der Waals surface area contributed by atoms with Crippen molar-refractivity contribution >= 4 is 0 Å². The van der Waals surface area contributed by atoms with Gasteiger partial charge in [0.1, 0.15) is 12.4 Å². The molecule has 0 saturated heterocycles. The predicted molar refractivity (Wildman–Crippen MR) is 105 cm³/mol. The minimum absolute atomic E-state index is 0.586. The second kappa shape index (κ2) is 17.8. The van der Waals surface area contributed by atoms with E-state index >= 15 is 0 Å². The lowest BCUT2D eigenvalue weighted by Crippen LogP contribution is -2.11. The maximum absolute atomic E-state index is 5.60. The molecule has 0 heterocycles. The number of rotatable bonds is 18. The highest BCUT2D eigenvalue weighted by Gasteiger charge is 1.95. The number of hydrogen-bond acceptors (Lipinski definition) is 3. The normalized spacial score (nSPS) is 10.9. The summed E-state index contributed by atoms with van der Waals surface area (Å²) in [6.45, 7) is 5.66. The quantitative estimate of drug-likeness (QED) is 0.303. The first-order valence-electron chi connectivity index (χ1n) is 10.3. The Morgan fingerprint density at radius 3 is 1.72 bits per heavy atom. The highest BCUT2D eigenvalue weighted by molar-refractivity contribution is 5.20. The van der Waals surface area contributed by atoms with Gasteiger partial charge in [0.2, 0.25) is 0 Å². The van der Waals surface area contributed by atoms with Crippen LogP contribution in [0.4, 0.5) is 0 Å². The lowest BCUT2D eigenvalue weighted by Gasteiger charge is -2.07. The van der Waals surface area contributed by atoms with Gasteiger partial charge in [-0.3, -0.25) is 0 Å². The number of unbranched alkanes of at least 4 members (excludes halogenated alkanes) is 9. The SMILES string of the molecule is CCCCCCCCCCCCOCCOCCOc1ccccc1. The Balaban J connectivity index is 1.69. The molecule has 1 aromatic carbocycles. The van der Waals surface area contributed by atoms with Crippen molar-refractivity contribution in [3.05, 3.63) is 30.3 Å². The predicted octanol–water partition coefficient (Wildman–Crippen LogP) is 6.02. The van der Waals surface area contributed by atoms with Crippen molar-refractivity contribution in [2.24, 2.45) is 0 Å². The Kier molecular flexibility index (Phi) is 15.6. The Bertz CT molecular complexity index is 367. The van der Waals surface area contributed by atoms with Crippen molar-refractivity contribution in [1.82, 2.24) is 0 Å². The van der Waals surface area contributed by atoms with Crippen LogP contribution in [0.5, 0.6) is 5.75 Å². The van der Waals surface area contributed by atoms with E-state index in [0.29, 0.717) is 26.4 Å². The molecule has 3 nitrogen and oxygen atoms in total. The minimum atomic E-state index is 0.586. The average molecular weight is 351 g/mol. The smallest absolute Gasteiger partial charge is 0.119 e. The van der Waals surface area contributed by atoms with E-state index in [1.54, 1.807) is 0 Å². The highest BCUT2D eigenvalue weighted by atomic mass is 16.5. The molecule has 0 atom stereocenters. The largest absolute Gasteiger partial charge is 0.491 e. The van der Waals surface area contributed by atoms with E-state index in [2.05, 4.69) is 6.92 Å². The molecule has 0 amide bonds. The van der Waals surface area contributed by atoms with E-state index in [0.717, 1.165) is 12.4 Å². The van der Waals surface area contributed by atoms with Gasteiger partial charge in [-0.1, -0.05) is 82.9 Å². The van der Waals surface area contributed by atoms with Gasteiger partial charge in [0.25, 0.3) is 0 Å². The molecule has 0 fully saturated rings. The third kappa shape index (κ3) is 14.9. The third-order valence-electron chi connectivity index (χ3n) is 4.25. The Hall–Kier alpha value is -1.06. The Morgan fingerprint density at radius 1 is 0.560 bits per heavy atom. The van der Waals surface area contributed by atoms with Crippen LogP contribution in [-0.2, 0) is 9.47 Å². The second-order valence-corrected chi connectivity index (χ2v) is 6.57. The van der Waals surface area contributed by atoms with Crippen LogP contribution in [0.3, 0.4) is 0 Å². The molecule has 1 rings (SSSR count). The maximum atomic E-state index is 5.60. The molecule has 0 N–H and O–H groups in total. The van der Waals surface area contributed by atoms with Gasteiger partial charge in [-0.15, -0.1) is 0 Å². The second-order valence-electron chi connectivity index (χ2n) is 6.57. The number of para-hydroxylation sites is 1. The van der Waals surface area contributed by atoms with Crippen molar-refractivity contribution in [3.63, 3.8) is 0 Å². The van der Waals surface area contributed by atoms with Crippen molar-refractivity contribution < 1.29 is 14.2 Å². The molecule has 0 saturated carbocycles. The summed E-state index contributed by atoms with van der Waals surface area (Å²) in [7, 11) is 0. The Morgan fingerprint density at radius 2 is 1.08 bits per heavy atom. The fourth-order valence-electron chi connectivity index (χ4n) is 2.75. The zero-order valence-corrected chi connectivity index (χ0v) is 16.2. The maximum Gasteiger partial charge on any atom is 0.119 e. The molecule has 0 unspecified atom stereocenters. The van der Waals surface area contributed by atoms with Crippen LogP contribution in [0.2, 0.25) is 0 Å². The van der Waals surface area contributed by atoms with Crippen LogP contribution in [0.15, 0.2) is 30.3 Å². The van der Waals surface area contributed by atoms with Crippen molar-refractivity contribution in [2.45, 2.75) is 71.1 Å². The molecule has 1 aromatic rings. The molecular formula is C22H38O3. The van der Waals surface area contributed by atoms with Gasteiger partial charge >= 0.3 is 0 Å². The molecule has 25 heavy (non-hydrogen) atoms. The fraction of sp³-hybridized carbons (Fsp3) is 0.727. The van der Waals surface area contributed by atoms with Gasteiger partial charge in [0, 0.05) is 6.61 Å². The lowest BCUT2D eigenvalue weighted by atomic mass is 10.1. The summed E-state index contributed by atoms with van der Waals surface area (Å²) in [6.07, 6.45) is 13.6. The highest BCUT2D eigenvalue weighted by Crippen LogP contribution is 2.10. The van der Waals surface area contributed by atoms with Crippen molar-refractivity contribution in [3.8, 4) is 5.75 Å². The summed E-state index contributed by atoms with van der Waals surface area (Å²) in [5, 5.41) is 0. The molecule has 144 valence electrons. The first-order chi connectivity index (χ1) is 12.4. The van der Waals surface area contributed by atoms with Crippen LogP contribution in [-0.4, -0.2) is 33.0 Å².